The highest BCUT2D eigenvalue weighted by atomic mass is 16.5. The van der Waals surface area contributed by atoms with E-state index >= 15 is 0 Å². The van der Waals surface area contributed by atoms with Crippen LogP contribution in [0.25, 0.3) is 16.6 Å². The lowest BCUT2D eigenvalue weighted by Crippen LogP contribution is -2.38. The van der Waals surface area contributed by atoms with Crippen molar-refractivity contribution in [3.8, 4) is 17.2 Å². The fraction of sp³-hybridized carbons (Fsp3) is 0.308. The number of ether oxygens (including phenoxy) is 2. The Labute approximate surface area is 203 Å². The van der Waals surface area contributed by atoms with Gasteiger partial charge in [-0.3, -0.25) is 9.59 Å². The minimum Gasteiger partial charge on any atom is -0.493 e. The first-order valence-electron chi connectivity index (χ1n) is 11.4. The zero-order chi connectivity index (χ0) is 25.1. The number of rotatable bonds is 8. The number of hydrogen-bond acceptors (Lipinski definition) is 6. The van der Waals surface area contributed by atoms with Crippen molar-refractivity contribution in [3.05, 3.63) is 75.8 Å². The van der Waals surface area contributed by atoms with Crippen molar-refractivity contribution >= 4 is 16.8 Å². The predicted octanol–water partition coefficient (Wildman–Crippen LogP) is 3.14. The molecule has 0 radical (unpaired) electrons. The molecule has 0 aliphatic heterocycles. The number of hydrogen-bond donors (Lipinski definition) is 1. The number of carbonyl (C=O) groups is 1. The average Bonchev–Trinajstić information content (AvgIpc) is 3.24. The Bertz CT molecular complexity index is 1430. The smallest absolute Gasteiger partial charge is 0.295 e. The molecule has 0 saturated carbocycles. The number of aryl methyl sites for hydroxylation is 2. The maximum atomic E-state index is 13.3. The molecule has 2 aromatic heterocycles. The van der Waals surface area contributed by atoms with Crippen molar-refractivity contribution in [1.82, 2.24) is 24.9 Å². The summed E-state index contributed by atoms with van der Waals surface area (Å²) in [6.07, 6.45) is 0.597. The lowest BCUT2D eigenvalue weighted by atomic mass is 10.1. The Morgan fingerprint density at radius 3 is 2.43 bits per heavy atom. The van der Waals surface area contributed by atoms with Crippen molar-refractivity contribution in [1.29, 1.82) is 0 Å². The molecule has 35 heavy (non-hydrogen) atoms. The Hall–Kier alpha value is -4.14. The van der Waals surface area contributed by atoms with E-state index in [2.05, 4.69) is 15.5 Å². The van der Waals surface area contributed by atoms with E-state index in [4.69, 9.17) is 9.47 Å². The lowest BCUT2D eigenvalue weighted by molar-refractivity contribution is -0.124. The molecule has 0 spiro atoms. The Kier molecular flexibility index (Phi) is 6.86. The van der Waals surface area contributed by atoms with Crippen molar-refractivity contribution in [2.75, 3.05) is 20.8 Å². The van der Waals surface area contributed by atoms with E-state index in [-0.39, 0.29) is 5.91 Å². The molecule has 4 aromatic rings. The van der Waals surface area contributed by atoms with Crippen molar-refractivity contribution in [3.63, 3.8) is 0 Å². The molecule has 182 valence electrons. The summed E-state index contributed by atoms with van der Waals surface area (Å²) < 4.78 is 13.5. The predicted molar refractivity (Wildman–Crippen MR) is 134 cm³/mol. The molecule has 1 N–H and O–H groups in total. The highest BCUT2D eigenvalue weighted by molar-refractivity contribution is 5.84. The molecule has 0 saturated heterocycles. The van der Waals surface area contributed by atoms with E-state index in [1.807, 2.05) is 62.4 Å². The molecule has 1 amide bonds. The molecule has 9 heteroatoms. The quantitative estimate of drug-likeness (QED) is 0.420. The standard InChI is InChI=1S/C26H29N5O4/c1-16-23-17(2)30(20-9-7-6-8-10-20)29-24(23)26(33)31(28-16)18(3)25(32)27-14-13-19-11-12-21(34-4)22(15-19)35-5/h6-12,15,18H,13-14H2,1-5H3,(H,27,32)/t18-/m0/s1. The van der Waals surface area contributed by atoms with Crippen LogP contribution in [-0.2, 0) is 11.2 Å². The Morgan fingerprint density at radius 2 is 1.74 bits per heavy atom. The summed E-state index contributed by atoms with van der Waals surface area (Å²) in [5, 5.41) is 12.6. The fourth-order valence-electron chi connectivity index (χ4n) is 4.16. The number of carbonyl (C=O) groups excluding carboxylic acids is 1. The maximum absolute atomic E-state index is 13.3. The first-order chi connectivity index (χ1) is 16.8. The summed E-state index contributed by atoms with van der Waals surface area (Å²) in [6.45, 7) is 5.79. The minimum absolute atomic E-state index is 0.293. The van der Waals surface area contributed by atoms with Crippen molar-refractivity contribution in [2.45, 2.75) is 33.2 Å². The third kappa shape index (κ3) is 4.62. The summed E-state index contributed by atoms with van der Waals surface area (Å²) >= 11 is 0. The largest absolute Gasteiger partial charge is 0.493 e. The van der Waals surface area contributed by atoms with Gasteiger partial charge in [0, 0.05) is 6.54 Å². The highest BCUT2D eigenvalue weighted by Gasteiger charge is 2.23. The van der Waals surface area contributed by atoms with Gasteiger partial charge in [0.2, 0.25) is 5.91 Å². The number of para-hydroxylation sites is 1. The van der Waals surface area contributed by atoms with Crippen LogP contribution < -0.4 is 20.3 Å². The molecule has 0 bridgehead atoms. The number of nitrogens with zero attached hydrogens (tertiary/aromatic N) is 4. The van der Waals surface area contributed by atoms with E-state index in [1.165, 1.54) is 4.68 Å². The first kappa shape index (κ1) is 24.0. The second kappa shape index (κ2) is 10.0. The van der Waals surface area contributed by atoms with Gasteiger partial charge in [0.15, 0.2) is 17.0 Å². The van der Waals surface area contributed by atoms with Crippen LogP contribution in [0.4, 0.5) is 0 Å². The molecule has 0 unspecified atom stereocenters. The summed E-state index contributed by atoms with van der Waals surface area (Å²) in [7, 11) is 3.17. The number of benzene rings is 2. The van der Waals surface area contributed by atoms with Gasteiger partial charge in [-0.15, -0.1) is 0 Å². The van der Waals surface area contributed by atoms with Crippen LogP contribution in [-0.4, -0.2) is 46.2 Å². The molecule has 2 aromatic carbocycles. The third-order valence-electron chi connectivity index (χ3n) is 6.05. The summed E-state index contributed by atoms with van der Waals surface area (Å²) in [5.74, 6) is 0.988. The molecule has 1 atom stereocenters. The second-order valence-electron chi connectivity index (χ2n) is 8.30. The van der Waals surface area contributed by atoms with E-state index in [1.54, 1.807) is 25.8 Å². The summed E-state index contributed by atoms with van der Waals surface area (Å²) in [5.41, 5.74) is 3.21. The van der Waals surface area contributed by atoms with Gasteiger partial charge in [0.05, 0.1) is 36.7 Å². The molecule has 0 fully saturated rings. The summed E-state index contributed by atoms with van der Waals surface area (Å²) in [6, 6.07) is 14.4. The van der Waals surface area contributed by atoms with Gasteiger partial charge in [-0.25, -0.2) is 9.36 Å². The van der Waals surface area contributed by atoms with Crippen LogP contribution in [0.3, 0.4) is 0 Å². The molecule has 2 heterocycles. The zero-order valence-electron chi connectivity index (χ0n) is 20.5. The molecule has 4 rings (SSSR count). The van der Waals surface area contributed by atoms with E-state index in [0.29, 0.717) is 41.1 Å². The number of fused-ring (bicyclic) bond motifs is 1. The zero-order valence-corrected chi connectivity index (χ0v) is 20.5. The molecule has 0 aliphatic carbocycles. The molecule has 0 aliphatic rings. The van der Waals surface area contributed by atoms with Crippen LogP contribution in [0.5, 0.6) is 11.5 Å². The van der Waals surface area contributed by atoms with E-state index in [9.17, 15) is 9.59 Å². The van der Waals surface area contributed by atoms with Gasteiger partial charge in [0.25, 0.3) is 5.56 Å². The average molecular weight is 476 g/mol. The first-order valence-corrected chi connectivity index (χ1v) is 11.4. The highest BCUT2D eigenvalue weighted by Crippen LogP contribution is 2.27. The van der Waals surface area contributed by atoms with Crippen molar-refractivity contribution in [2.24, 2.45) is 0 Å². The number of aromatic nitrogens is 4. The summed E-state index contributed by atoms with van der Waals surface area (Å²) in [4.78, 5) is 26.1. The maximum Gasteiger partial charge on any atom is 0.295 e. The number of amides is 1. The van der Waals surface area contributed by atoms with Gasteiger partial charge >= 0.3 is 0 Å². The third-order valence-corrected chi connectivity index (χ3v) is 6.05. The van der Waals surface area contributed by atoms with Crippen molar-refractivity contribution < 1.29 is 14.3 Å². The van der Waals surface area contributed by atoms with Gasteiger partial charge in [-0.2, -0.15) is 10.2 Å². The van der Waals surface area contributed by atoms with Gasteiger partial charge in [0.1, 0.15) is 6.04 Å². The van der Waals surface area contributed by atoms with Crippen LogP contribution in [0.2, 0.25) is 0 Å². The Balaban J connectivity index is 1.53. The SMILES string of the molecule is COc1ccc(CCNC(=O)[C@H](C)n2nc(C)c3c(C)n(-c4ccccc4)nc3c2=O)cc1OC. The van der Waals surface area contributed by atoms with Crippen LogP contribution in [0.1, 0.15) is 29.9 Å². The lowest BCUT2D eigenvalue weighted by Gasteiger charge is -2.15. The normalized spacial score (nSPS) is 11.9. The topological polar surface area (TPSA) is 100 Å². The fourth-order valence-corrected chi connectivity index (χ4v) is 4.16. The van der Waals surface area contributed by atoms with Gasteiger partial charge < -0.3 is 14.8 Å². The monoisotopic (exact) mass is 475 g/mol. The Morgan fingerprint density at radius 1 is 1.03 bits per heavy atom. The second-order valence-corrected chi connectivity index (χ2v) is 8.30. The molecular weight excluding hydrogens is 446 g/mol. The molecule has 9 nitrogen and oxygen atoms in total. The number of methoxy groups -OCH3 is 2. The van der Waals surface area contributed by atoms with Crippen LogP contribution >= 0.6 is 0 Å². The van der Waals surface area contributed by atoms with Crippen LogP contribution in [0, 0.1) is 13.8 Å². The minimum atomic E-state index is -0.793. The van der Waals surface area contributed by atoms with E-state index < -0.39 is 11.6 Å². The van der Waals surface area contributed by atoms with Crippen LogP contribution in [0.15, 0.2) is 53.3 Å². The van der Waals surface area contributed by atoms with Gasteiger partial charge in [-0.05, 0) is 57.0 Å². The van der Waals surface area contributed by atoms with Gasteiger partial charge in [-0.1, -0.05) is 24.3 Å². The number of nitrogens with one attached hydrogen (secondary N) is 1. The van der Waals surface area contributed by atoms with E-state index in [0.717, 1.165) is 16.9 Å². The molecular formula is C26H29N5O4.